The number of carbonyl (C=O) groups is 2. The summed E-state index contributed by atoms with van der Waals surface area (Å²) in [5.74, 6) is -0.185. The lowest BCUT2D eigenvalue weighted by Gasteiger charge is -2.34. The maximum Gasteiger partial charge on any atom is 0.255 e. The molecule has 0 saturated carbocycles. The minimum atomic E-state index is -0.202. The molecule has 1 atom stereocenters. The van der Waals surface area contributed by atoms with Crippen molar-refractivity contribution in [1.82, 2.24) is 19.7 Å². The molecule has 1 aliphatic rings. The van der Waals surface area contributed by atoms with Crippen LogP contribution in [0, 0.1) is 0 Å². The summed E-state index contributed by atoms with van der Waals surface area (Å²) in [5.41, 5.74) is 1.14. The van der Waals surface area contributed by atoms with E-state index in [-0.39, 0.29) is 24.4 Å². The predicted molar refractivity (Wildman–Crippen MR) is 107 cm³/mol. The quantitative estimate of drug-likeness (QED) is 0.718. The first-order chi connectivity index (χ1) is 13.7. The molecule has 0 unspecified atom stereocenters. The lowest BCUT2D eigenvalue weighted by atomic mass is 10.0. The monoisotopic (exact) mass is 395 g/mol. The number of hydrogen-bond donors (Lipinski definition) is 1. The van der Waals surface area contributed by atoms with Crippen LogP contribution in [0.4, 0.5) is 5.69 Å². The molecular weight excluding hydrogens is 374 g/mol. The minimum absolute atomic E-state index is 0.0175. The van der Waals surface area contributed by atoms with Crippen LogP contribution in [0.2, 0.25) is 0 Å². The molecule has 1 fully saturated rings. The Morgan fingerprint density at radius 1 is 1.21 bits per heavy atom. The van der Waals surface area contributed by atoms with Crippen LogP contribution in [0.25, 0.3) is 0 Å². The smallest absolute Gasteiger partial charge is 0.255 e. The Hall–Kier alpha value is -3.00. The molecule has 3 aromatic rings. The summed E-state index contributed by atoms with van der Waals surface area (Å²) >= 11 is 1.59. The second kappa shape index (κ2) is 8.35. The fourth-order valence-electron chi connectivity index (χ4n) is 3.42. The molecule has 0 radical (unpaired) electrons. The summed E-state index contributed by atoms with van der Waals surface area (Å²) in [6.07, 6.45) is 8.07. The van der Waals surface area contributed by atoms with Gasteiger partial charge < -0.3 is 10.2 Å². The molecule has 0 bridgehead atoms. The predicted octanol–water partition coefficient (Wildman–Crippen LogP) is 3.35. The van der Waals surface area contributed by atoms with Crippen molar-refractivity contribution in [1.29, 1.82) is 0 Å². The summed E-state index contributed by atoms with van der Waals surface area (Å²) in [5, 5.41) is 9.97. The molecule has 7 nitrogen and oxygen atoms in total. The summed E-state index contributed by atoms with van der Waals surface area (Å²) in [6.45, 7) is 0.880. The average molecular weight is 395 g/mol. The third-order valence-electron chi connectivity index (χ3n) is 4.78. The number of rotatable bonds is 5. The van der Waals surface area contributed by atoms with Crippen molar-refractivity contribution in [2.24, 2.45) is 0 Å². The Balaban J connectivity index is 1.40. The largest absolute Gasteiger partial charge is 0.332 e. The van der Waals surface area contributed by atoms with E-state index in [2.05, 4.69) is 15.4 Å². The number of anilines is 1. The van der Waals surface area contributed by atoms with Gasteiger partial charge in [-0.2, -0.15) is 5.10 Å². The molecule has 1 aromatic carbocycles. The van der Waals surface area contributed by atoms with E-state index in [1.54, 1.807) is 46.7 Å². The number of nitrogens with zero attached hydrogens (tertiary/aromatic N) is 4. The first-order valence-electron chi connectivity index (χ1n) is 9.28. The van der Waals surface area contributed by atoms with Gasteiger partial charge >= 0.3 is 0 Å². The highest BCUT2D eigenvalue weighted by Gasteiger charge is 2.29. The van der Waals surface area contributed by atoms with Crippen molar-refractivity contribution in [3.8, 4) is 0 Å². The van der Waals surface area contributed by atoms with Gasteiger partial charge in [0.25, 0.3) is 5.91 Å². The van der Waals surface area contributed by atoms with E-state index in [1.807, 2.05) is 28.5 Å². The number of nitrogens with one attached hydrogen (secondary N) is 1. The standard InChI is InChI=1S/C20H21N5O2S/c26-18(25-10-5-4-8-17(25)20-21-9-11-28-20)14-24-13-16(12-22-24)23-19(27)15-6-2-1-3-7-15/h1-3,6-7,9,11-13,17H,4-5,8,10,14H2,(H,23,27)/t17-/m0/s1. The van der Waals surface area contributed by atoms with Crippen LogP contribution >= 0.6 is 11.3 Å². The van der Waals surface area contributed by atoms with Gasteiger partial charge in [0.1, 0.15) is 11.6 Å². The van der Waals surface area contributed by atoms with Crippen LogP contribution in [0.5, 0.6) is 0 Å². The Labute approximate surface area is 167 Å². The van der Waals surface area contributed by atoms with Crippen LogP contribution in [-0.2, 0) is 11.3 Å². The van der Waals surface area contributed by atoms with E-state index < -0.39 is 0 Å². The van der Waals surface area contributed by atoms with Gasteiger partial charge in [0.05, 0.1) is 17.9 Å². The molecule has 2 amide bonds. The highest BCUT2D eigenvalue weighted by Crippen LogP contribution is 2.32. The Kier molecular flexibility index (Phi) is 5.48. The number of amides is 2. The SMILES string of the molecule is O=C(Nc1cnn(CC(=O)N2CCCC[C@H]2c2nccs2)c1)c1ccccc1. The van der Waals surface area contributed by atoms with E-state index in [0.29, 0.717) is 11.3 Å². The van der Waals surface area contributed by atoms with E-state index in [0.717, 1.165) is 30.8 Å². The molecular formula is C20H21N5O2S. The number of piperidine rings is 1. The zero-order valence-electron chi connectivity index (χ0n) is 15.3. The molecule has 4 rings (SSSR count). The lowest BCUT2D eigenvalue weighted by molar-refractivity contribution is -0.135. The third kappa shape index (κ3) is 4.12. The van der Waals surface area contributed by atoms with E-state index in [9.17, 15) is 9.59 Å². The topological polar surface area (TPSA) is 80.1 Å². The summed E-state index contributed by atoms with van der Waals surface area (Å²) in [6, 6.07) is 9.04. The zero-order chi connectivity index (χ0) is 19.3. The second-order valence-electron chi connectivity index (χ2n) is 6.72. The van der Waals surface area contributed by atoms with Gasteiger partial charge in [-0.15, -0.1) is 11.3 Å². The number of hydrogen-bond acceptors (Lipinski definition) is 5. The Morgan fingerprint density at radius 3 is 2.86 bits per heavy atom. The van der Waals surface area contributed by atoms with Crippen molar-refractivity contribution in [2.75, 3.05) is 11.9 Å². The van der Waals surface area contributed by atoms with Crippen LogP contribution in [0.3, 0.4) is 0 Å². The van der Waals surface area contributed by atoms with Crippen molar-refractivity contribution >= 4 is 28.8 Å². The van der Waals surface area contributed by atoms with Gasteiger partial charge in [0, 0.05) is 29.9 Å². The fraction of sp³-hybridized carbons (Fsp3) is 0.300. The molecule has 8 heteroatoms. The molecule has 1 N–H and O–H groups in total. The lowest BCUT2D eigenvalue weighted by Crippen LogP contribution is -2.40. The van der Waals surface area contributed by atoms with E-state index >= 15 is 0 Å². The molecule has 2 aromatic heterocycles. The van der Waals surface area contributed by atoms with Crippen LogP contribution in [-0.4, -0.2) is 38.0 Å². The van der Waals surface area contributed by atoms with Crippen LogP contribution < -0.4 is 5.32 Å². The highest BCUT2D eigenvalue weighted by atomic mass is 32.1. The molecule has 144 valence electrons. The van der Waals surface area contributed by atoms with Gasteiger partial charge in [-0.25, -0.2) is 4.98 Å². The first kappa shape index (κ1) is 18.4. The molecule has 28 heavy (non-hydrogen) atoms. The van der Waals surface area contributed by atoms with Gasteiger partial charge in [0.2, 0.25) is 5.91 Å². The first-order valence-corrected chi connectivity index (χ1v) is 10.2. The van der Waals surface area contributed by atoms with Gasteiger partial charge in [-0.05, 0) is 31.4 Å². The molecule has 1 saturated heterocycles. The van der Waals surface area contributed by atoms with Gasteiger partial charge in [-0.3, -0.25) is 14.3 Å². The number of aromatic nitrogens is 3. The van der Waals surface area contributed by atoms with Gasteiger partial charge in [-0.1, -0.05) is 18.2 Å². The average Bonchev–Trinajstić information content (AvgIpc) is 3.41. The van der Waals surface area contributed by atoms with Crippen LogP contribution in [0.1, 0.15) is 40.7 Å². The van der Waals surface area contributed by atoms with Crippen molar-refractivity contribution in [3.63, 3.8) is 0 Å². The Morgan fingerprint density at radius 2 is 2.07 bits per heavy atom. The Bertz CT molecular complexity index is 939. The van der Waals surface area contributed by atoms with E-state index in [1.165, 1.54) is 0 Å². The number of carbonyl (C=O) groups excluding carboxylic acids is 2. The summed E-state index contributed by atoms with van der Waals surface area (Å²) < 4.78 is 1.57. The number of benzene rings is 1. The van der Waals surface area contributed by atoms with Crippen LogP contribution in [0.15, 0.2) is 54.3 Å². The zero-order valence-corrected chi connectivity index (χ0v) is 16.1. The summed E-state index contributed by atoms with van der Waals surface area (Å²) in [4.78, 5) is 31.4. The van der Waals surface area contributed by atoms with E-state index in [4.69, 9.17) is 0 Å². The van der Waals surface area contributed by atoms with Crippen molar-refractivity contribution in [2.45, 2.75) is 31.8 Å². The molecule has 0 spiro atoms. The molecule has 1 aliphatic heterocycles. The normalized spacial score (nSPS) is 16.7. The number of likely N-dealkylation sites (tertiary alicyclic amines) is 1. The maximum atomic E-state index is 12.9. The highest BCUT2D eigenvalue weighted by molar-refractivity contribution is 7.09. The fourth-order valence-corrected chi connectivity index (χ4v) is 4.21. The summed E-state index contributed by atoms with van der Waals surface area (Å²) in [7, 11) is 0. The minimum Gasteiger partial charge on any atom is -0.332 e. The molecule has 0 aliphatic carbocycles. The third-order valence-corrected chi connectivity index (χ3v) is 5.66. The van der Waals surface area contributed by atoms with Crippen molar-refractivity contribution < 1.29 is 9.59 Å². The molecule has 3 heterocycles. The second-order valence-corrected chi connectivity index (χ2v) is 7.64. The van der Waals surface area contributed by atoms with Crippen molar-refractivity contribution in [3.05, 3.63) is 64.9 Å². The number of thiazole rings is 1. The maximum absolute atomic E-state index is 12.9. The van der Waals surface area contributed by atoms with Gasteiger partial charge in [0.15, 0.2) is 0 Å².